The maximum absolute atomic E-state index is 5.73. The fourth-order valence-corrected chi connectivity index (χ4v) is 4.98. The summed E-state index contributed by atoms with van der Waals surface area (Å²) < 4.78 is 10.2. The number of para-hydroxylation sites is 1. The molecule has 3 aromatic carbocycles. The SMILES string of the molecule is Cc1cc(-c2ccc3c(c2)c2ccccc2n3C)c2cocc2c1-c1cccc[n+]1C. The molecule has 6 aromatic rings. The second kappa shape index (κ2) is 6.58. The van der Waals surface area contributed by atoms with Crippen molar-refractivity contribution in [3.8, 4) is 22.4 Å². The van der Waals surface area contributed by atoms with Crippen molar-refractivity contribution in [3.05, 3.63) is 91.0 Å². The lowest BCUT2D eigenvalue weighted by molar-refractivity contribution is -0.660. The summed E-state index contributed by atoms with van der Waals surface area (Å²) in [6.07, 6.45) is 5.84. The van der Waals surface area contributed by atoms with E-state index in [9.17, 15) is 0 Å². The fraction of sp³-hybridized carbons (Fsp3) is 0.107. The Balaban J connectivity index is 1.64. The summed E-state index contributed by atoms with van der Waals surface area (Å²) in [6.45, 7) is 2.19. The molecule has 0 amide bonds. The molecule has 3 aromatic heterocycles. The first-order valence-corrected chi connectivity index (χ1v) is 10.6. The van der Waals surface area contributed by atoms with Crippen molar-refractivity contribution in [1.29, 1.82) is 0 Å². The summed E-state index contributed by atoms with van der Waals surface area (Å²) in [6, 6.07) is 24.0. The molecule has 0 bridgehead atoms. The van der Waals surface area contributed by atoms with Gasteiger partial charge in [0, 0.05) is 51.8 Å². The van der Waals surface area contributed by atoms with Crippen LogP contribution in [0.2, 0.25) is 0 Å². The molecular formula is C28H23N2O+. The third-order valence-corrected chi connectivity index (χ3v) is 6.51. The zero-order chi connectivity index (χ0) is 21.1. The molecule has 0 atom stereocenters. The van der Waals surface area contributed by atoms with E-state index in [1.807, 2.05) is 12.5 Å². The van der Waals surface area contributed by atoms with Gasteiger partial charge >= 0.3 is 0 Å². The van der Waals surface area contributed by atoms with E-state index in [1.54, 1.807) is 0 Å². The molecule has 31 heavy (non-hydrogen) atoms. The molecule has 0 unspecified atom stereocenters. The lowest BCUT2D eigenvalue weighted by Crippen LogP contribution is -2.30. The third-order valence-electron chi connectivity index (χ3n) is 6.51. The first-order valence-electron chi connectivity index (χ1n) is 10.6. The Hall–Kier alpha value is -3.85. The standard InChI is InChI=1S/C28H23N2O/c1-18-14-21(23-16-31-17-24(23)28(18)27-10-6-7-13-29(27)2)19-11-12-26-22(15-19)20-8-4-5-9-25(20)30(26)3/h4-17H,1-3H3/q+1. The van der Waals surface area contributed by atoms with Crippen molar-refractivity contribution in [2.45, 2.75) is 6.92 Å². The first-order chi connectivity index (χ1) is 15.1. The van der Waals surface area contributed by atoms with E-state index in [0.717, 1.165) is 10.8 Å². The predicted octanol–water partition coefficient (Wildman–Crippen LogP) is 6.54. The molecule has 3 heteroatoms. The molecule has 0 saturated heterocycles. The highest BCUT2D eigenvalue weighted by Crippen LogP contribution is 2.39. The van der Waals surface area contributed by atoms with Crippen LogP contribution in [0, 0.1) is 6.92 Å². The molecule has 0 aliphatic heterocycles. The molecule has 0 spiro atoms. The van der Waals surface area contributed by atoms with Crippen molar-refractivity contribution in [2.24, 2.45) is 14.1 Å². The zero-order valence-electron chi connectivity index (χ0n) is 17.9. The number of aryl methyl sites for hydroxylation is 3. The summed E-state index contributed by atoms with van der Waals surface area (Å²) in [4.78, 5) is 0. The number of furan rings is 1. The van der Waals surface area contributed by atoms with Crippen LogP contribution in [0.1, 0.15) is 5.56 Å². The highest BCUT2D eigenvalue weighted by molar-refractivity contribution is 6.11. The second-order valence-electron chi connectivity index (χ2n) is 8.32. The van der Waals surface area contributed by atoms with Crippen LogP contribution >= 0.6 is 0 Å². The van der Waals surface area contributed by atoms with E-state index >= 15 is 0 Å². The molecule has 3 heterocycles. The molecule has 3 nitrogen and oxygen atoms in total. The highest BCUT2D eigenvalue weighted by Gasteiger charge is 2.20. The Morgan fingerprint density at radius 2 is 1.55 bits per heavy atom. The molecule has 0 aliphatic carbocycles. The van der Waals surface area contributed by atoms with Gasteiger partial charge in [0.05, 0.1) is 18.1 Å². The number of hydrogen-bond acceptors (Lipinski definition) is 1. The maximum Gasteiger partial charge on any atom is 0.213 e. The largest absolute Gasteiger partial charge is 0.471 e. The lowest BCUT2D eigenvalue weighted by atomic mass is 9.92. The number of nitrogens with zero attached hydrogens (tertiary/aromatic N) is 2. The van der Waals surface area contributed by atoms with Crippen molar-refractivity contribution in [2.75, 3.05) is 0 Å². The molecular weight excluding hydrogens is 380 g/mol. The number of fused-ring (bicyclic) bond motifs is 4. The molecule has 6 rings (SSSR count). The van der Waals surface area contributed by atoms with Crippen molar-refractivity contribution in [3.63, 3.8) is 0 Å². The average Bonchev–Trinajstić information content (AvgIpc) is 3.38. The zero-order valence-corrected chi connectivity index (χ0v) is 17.9. The second-order valence-corrected chi connectivity index (χ2v) is 8.32. The summed E-state index contributed by atoms with van der Waals surface area (Å²) in [5.41, 5.74) is 8.57. The average molecular weight is 404 g/mol. The maximum atomic E-state index is 5.73. The summed E-state index contributed by atoms with van der Waals surface area (Å²) in [5, 5.41) is 4.86. The highest BCUT2D eigenvalue weighted by atomic mass is 16.3. The minimum Gasteiger partial charge on any atom is -0.471 e. The Bertz CT molecular complexity index is 1620. The van der Waals surface area contributed by atoms with Crippen LogP contribution in [0.3, 0.4) is 0 Å². The molecule has 0 saturated carbocycles. The van der Waals surface area contributed by atoms with E-state index < -0.39 is 0 Å². The van der Waals surface area contributed by atoms with Gasteiger partial charge < -0.3 is 8.98 Å². The monoisotopic (exact) mass is 403 g/mol. The third kappa shape index (κ3) is 2.56. The van der Waals surface area contributed by atoms with Crippen LogP contribution in [0.25, 0.3) is 55.0 Å². The van der Waals surface area contributed by atoms with Gasteiger partial charge in [0.25, 0.3) is 0 Å². The predicted molar refractivity (Wildman–Crippen MR) is 127 cm³/mol. The van der Waals surface area contributed by atoms with Crippen LogP contribution in [0.5, 0.6) is 0 Å². The van der Waals surface area contributed by atoms with Gasteiger partial charge in [-0.1, -0.05) is 24.3 Å². The van der Waals surface area contributed by atoms with Gasteiger partial charge in [-0.25, -0.2) is 4.57 Å². The quantitative estimate of drug-likeness (QED) is 0.301. The summed E-state index contributed by atoms with van der Waals surface area (Å²) >= 11 is 0. The van der Waals surface area contributed by atoms with Crippen LogP contribution in [0.15, 0.2) is 89.9 Å². The van der Waals surface area contributed by atoms with Gasteiger partial charge in [0.15, 0.2) is 6.20 Å². The Labute approximate surface area is 180 Å². The smallest absolute Gasteiger partial charge is 0.213 e. The Morgan fingerprint density at radius 3 is 2.42 bits per heavy atom. The van der Waals surface area contributed by atoms with E-state index in [1.165, 1.54) is 49.8 Å². The normalized spacial score (nSPS) is 11.7. The molecule has 0 radical (unpaired) electrons. The van der Waals surface area contributed by atoms with Crippen LogP contribution < -0.4 is 4.57 Å². The van der Waals surface area contributed by atoms with E-state index in [2.05, 4.69) is 103 Å². The molecule has 0 N–H and O–H groups in total. The van der Waals surface area contributed by atoms with Crippen molar-refractivity contribution < 1.29 is 8.98 Å². The first kappa shape index (κ1) is 18.0. The fourth-order valence-electron chi connectivity index (χ4n) is 4.98. The molecule has 150 valence electrons. The summed E-state index contributed by atoms with van der Waals surface area (Å²) in [5.74, 6) is 0. The number of rotatable bonds is 2. The summed E-state index contributed by atoms with van der Waals surface area (Å²) in [7, 11) is 4.22. The number of benzene rings is 3. The molecule has 0 aliphatic rings. The number of pyridine rings is 1. The Morgan fingerprint density at radius 1 is 0.774 bits per heavy atom. The topological polar surface area (TPSA) is 21.9 Å². The van der Waals surface area contributed by atoms with Crippen LogP contribution in [-0.2, 0) is 14.1 Å². The van der Waals surface area contributed by atoms with Gasteiger partial charge in [-0.15, -0.1) is 0 Å². The van der Waals surface area contributed by atoms with Gasteiger partial charge in [-0.05, 0) is 53.9 Å². The van der Waals surface area contributed by atoms with Crippen LogP contribution in [0.4, 0.5) is 0 Å². The lowest BCUT2D eigenvalue weighted by Gasteiger charge is -2.11. The van der Waals surface area contributed by atoms with Gasteiger partial charge in [0.1, 0.15) is 7.05 Å². The van der Waals surface area contributed by atoms with Crippen LogP contribution in [-0.4, -0.2) is 4.57 Å². The number of hydrogen-bond donors (Lipinski definition) is 0. The Kier molecular flexibility index (Phi) is 3.81. The van der Waals surface area contributed by atoms with Gasteiger partial charge in [-0.2, -0.15) is 0 Å². The van der Waals surface area contributed by atoms with Crippen molar-refractivity contribution >= 4 is 32.6 Å². The number of aromatic nitrogens is 2. The van der Waals surface area contributed by atoms with Gasteiger partial charge in [-0.3, -0.25) is 0 Å². The van der Waals surface area contributed by atoms with E-state index in [0.29, 0.717) is 0 Å². The minimum absolute atomic E-state index is 1.14. The van der Waals surface area contributed by atoms with E-state index in [4.69, 9.17) is 4.42 Å². The minimum atomic E-state index is 1.14. The van der Waals surface area contributed by atoms with E-state index in [-0.39, 0.29) is 0 Å². The molecule has 0 fully saturated rings. The van der Waals surface area contributed by atoms with Gasteiger partial charge in [0.2, 0.25) is 5.69 Å². The van der Waals surface area contributed by atoms with Crippen molar-refractivity contribution in [1.82, 2.24) is 4.57 Å².